The molecule has 0 aromatic carbocycles. The van der Waals surface area contributed by atoms with Crippen molar-refractivity contribution in [2.75, 3.05) is 5.32 Å². The van der Waals surface area contributed by atoms with Gasteiger partial charge in [-0.25, -0.2) is 9.78 Å². The van der Waals surface area contributed by atoms with Crippen LogP contribution in [0.25, 0.3) is 0 Å². The van der Waals surface area contributed by atoms with Crippen molar-refractivity contribution in [2.24, 2.45) is 0 Å². The van der Waals surface area contributed by atoms with Crippen LogP contribution in [0.1, 0.15) is 52.8 Å². The van der Waals surface area contributed by atoms with E-state index in [0.29, 0.717) is 11.2 Å². The second-order valence-electron chi connectivity index (χ2n) is 4.18. The molecule has 1 heterocycles. The number of carboxylic acid groups (broad SMARTS) is 1. The molecule has 0 bridgehead atoms. The van der Waals surface area contributed by atoms with Crippen LogP contribution in [0.15, 0.2) is 0 Å². The van der Waals surface area contributed by atoms with Crippen molar-refractivity contribution in [1.82, 2.24) is 4.98 Å². The summed E-state index contributed by atoms with van der Waals surface area (Å²) in [6.45, 7) is 1.36. The molecule has 2 rings (SSSR count). The van der Waals surface area contributed by atoms with Gasteiger partial charge < -0.3 is 10.4 Å². The van der Waals surface area contributed by atoms with E-state index in [4.69, 9.17) is 5.11 Å². The molecule has 0 aliphatic heterocycles. The van der Waals surface area contributed by atoms with Gasteiger partial charge in [-0.3, -0.25) is 4.79 Å². The minimum atomic E-state index is -1.15. The number of thiazole rings is 1. The molecule has 1 fully saturated rings. The highest BCUT2D eigenvalue weighted by Crippen LogP contribution is 2.27. The number of Topliss-reactive ketones (excluding diaryl/α,β-unsaturated/α-hetero) is 1. The number of rotatable bonds is 4. The predicted molar refractivity (Wildman–Crippen MR) is 65.0 cm³/mol. The Morgan fingerprint density at radius 1 is 1.41 bits per heavy atom. The van der Waals surface area contributed by atoms with Gasteiger partial charge in [0.2, 0.25) is 0 Å². The fraction of sp³-hybridized carbons (Fsp3) is 0.545. The third-order valence-corrected chi connectivity index (χ3v) is 3.92. The molecule has 17 heavy (non-hydrogen) atoms. The van der Waals surface area contributed by atoms with Crippen LogP contribution in [0.3, 0.4) is 0 Å². The fourth-order valence-electron chi connectivity index (χ4n) is 2.01. The van der Waals surface area contributed by atoms with Crippen LogP contribution < -0.4 is 5.32 Å². The van der Waals surface area contributed by atoms with Crippen LogP contribution in [-0.2, 0) is 0 Å². The second kappa shape index (κ2) is 4.83. The van der Waals surface area contributed by atoms with Gasteiger partial charge in [0.25, 0.3) is 0 Å². The van der Waals surface area contributed by atoms with E-state index in [2.05, 4.69) is 10.3 Å². The molecule has 0 atom stereocenters. The van der Waals surface area contributed by atoms with Gasteiger partial charge in [0.1, 0.15) is 4.88 Å². The third kappa shape index (κ3) is 2.63. The van der Waals surface area contributed by atoms with Crippen LogP contribution in [0.4, 0.5) is 5.13 Å². The highest BCUT2D eigenvalue weighted by molar-refractivity contribution is 7.17. The zero-order valence-electron chi connectivity index (χ0n) is 9.52. The van der Waals surface area contributed by atoms with E-state index in [-0.39, 0.29) is 16.4 Å². The first kappa shape index (κ1) is 12.0. The highest BCUT2D eigenvalue weighted by atomic mass is 32.1. The zero-order valence-corrected chi connectivity index (χ0v) is 10.3. The van der Waals surface area contributed by atoms with Gasteiger partial charge in [-0.05, 0) is 12.8 Å². The number of aromatic carboxylic acids is 1. The molecule has 5 nitrogen and oxygen atoms in total. The summed E-state index contributed by atoms with van der Waals surface area (Å²) in [7, 11) is 0. The van der Waals surface area contributed by atoms with Gasteiger partial charge in [-0.15, -0.1) is 0 Å². The Kier molecular flexibility index (Phi) is 3.42. The van der Waals surface area contributed by atoms with Gasteiger partial charge in [-0.2, -0.15) is 0 Å². The van der Waals surface area contributed by atoms with Gasteiger partial charge in [0.05, 0.1) is 0 Å². The Balaban J connectivity index is 2.20. The van der Waals surface area contributed by atoms with Crippen molar-refractivity contribution in [2.45, 2.75) is 38.6 Å². The Labute approximate surface area is 103 Å². The number of carbonyl (C=O) groups is 2. The first-order valence-electron chi connectivity index (χ1n) is 5.59. The smallest absolute Gasteiger partial charge is 0.356 e. The van der Waals surface area contributed by atoms with Crippen molar-refractivity contribution in [3.63, 3.8) is 0 Å². The average Bonchev–Trinajstić information content (AvgIpc) is 2.86. The second-order valence-corrected chi connectivity index (χ2v) is 5.18. The van der Waals surface area contributed by atoms with Crippen LogP contribution in [0, 0.1) is 0 Å². The van der Waals surface area contributed by atoms with Gasteiger partial charge >= 0.3 is 5.97 Å². The number of nitrogens with zero attached hydrogens (tertiary/aromatic N) is 1. The van der Waals surface area contributed by atoms with E-state index in [9.17, 15) is 9.59 Å². The molecular formula is C11H14N2O3S. The lowest BCUT2D eigenvalue weighted by Crippen LogP contribution is -2.14. The summed E-state index contributed by atoms with van der Waals surface area (Å²) in [5.74, 6) is -1.40. The number of ketones is 1. The Morgan fingerprint density at radius 2 is 2.06 bits per heavy atom. The first-order chi connectivity index (χ1) is 8.08. The van der Waals surface area contributed by atoms with E-state index in [0.717, 1.165) is 24.2 Å². The third-order valence-electron chi connectivity index (χ3n) is 2.83. The van der Waals surface area contributed by atoms with Gasteiger partial charge in [0, 0.05) is 13.0 Å². The number of carboxylic acids is 1. The lowest BCUT2D eigenvalue weighted by atomic mass is 10.3. The minimum Gasteiger partial charge on any atom is -0.476 e. The molecule has 0 saturated heterocycles. The number of anilines is 1. The predicted octanol–water partition coefficient (Wildman–Crippen LogP) is 2.40. The topological polar surface area (TPSA) is 79.3 Å². The maximum Gasteiger partial charge on any atom is 0.356 e. The Hall–Kier alpha value is -1.43. The van der Waals surface area contributed by atoms with Crippen LogP contribution in [0.5, 0.6) is 0 Å². The molecule has 0 unspecified atom stereocenters. The minimum absolute atomic E-state index is 0.136. The zero-order chi connectivity index (χ0) is 12.4. The molecule has 0 spiro atoms. The SMILES string of the molecule is CC(=O)c1sc(NC2CCCC2)nc1C(=O)O. The van der Waals surface area contributed by atoms with Crippen molar-refractivity contribution in [3.8, 4) is 0 Å². The standard InChI is InChI=1S/C11H14N2O3S/c1-6(14)9-8(10(15)16)13-11(17-9)12-7-4-2-3-5-7/h7H,2-5H2,1H3,(H,12,13)(H,15,16). The number of carbonyl (C=O) groups excluding carboxylic acids is 1. The molecule has 0 radical (unpaired) electrons. The number of hydrogen-bond acceptors (Lipinski definition) is 5. The summed E-state index contributed by atoms with van der Waals surface area (Å²) in [4.78, 5) is 26.4. The molecule has 1 aromatic rings. The van der Waals surface area contributed by atoms with Crippen molar-refractivity contribution in [3.05, 3.63) is 10.6 Å². The van der Waals surface area contributed by atoms with Crippen LogP contribution >= 0.6 is 11.3 Å². The van der Waals surface area contributed by atoms with E-state index in [1.54, 1.807) is 0 Å². The molecule has 92 valence electrons. The van der Waals surface area contributed by atoms with Crippen molar-refractivity contribution in [1.29, 1.82) is 0 Å². The quantitative estimate of drug-likeness (QED) is 0.806. The maximum absolute atomic E-state index is 11.3. The summed E-state index contributed by atoms with van der Waals surface area (Å²) in [6.07, 6.45) is 4.54. The number of aromatic nitrogens is 1. The summed E-state index contributed by atoms with van der Waals surface area (Å²) in [5, 5.41) is 12.7. The van der Waals surface area contributed by atoms with E-state index < -0.39 is 5.97 Å². The van der Waals surface area contributed by atoms with Gasteiger partial charge in [-0.1, -0.05) is 24.2 Å². The lowest BCUT2D eigenvalue weighted by Gasteiger charge is -2.09. The number of nitrogens with one attached hydrogen (secondary N) is 1. The molecular weight excluding hydrogens is 240 g/mol. The highest BCUT2D eigenvalue weighted by Gasteiger charge is 2.22. The first-order valence-corrected chi connectivity index (χ1v) is 6.41. The van der Waals surface area contributed by atoms with E-state index in [1.165, 1.54) is 19.8 Å². The van der Waals surface area contributed by atoms with Gasteiger partial charge in [0.15, 0.2) is 16.6 Å². The van der Waals surface area contributed by atoms with Crippen LogP contribution in [0.2, 0.25) is 0 Å². The Bertz CT molecular complexity index is 418. The summed E-state index contributed by atoms with van der Waals surface area (Å²) < 4.78 is 0. The summed E-state index contributed by atoms with van der Waals surface area (Å²) in [6, 6.07) is 0.364. The largest absolute Gasteiger partial charge is 0.476 e. The molecule has 1 aromatic heterocycles. The normalized spacial score (nSPS) is 16.1. The van der Waals surface area contributed by atoms with E-state index in [1.807, 2.05) is 0 Å². The molecule has 1 saturated carbocycles. The summed E-state index contributed by atoms with van der Waals surface area (Å²) in [5.41, 5.74) is -0.136. The summed E-state index contributed by atoms with van der Waals surface area (Å²) >= 11 is 1.13. The molecule has 0 amide bonds. The monoisotopic (exact) mass is 254 g/mol. The number of hydrogen-bond donors (Lipinski definition) is 2. The molecule has 6 heteroatoms. The molecule has 1 aliphatic rings. The average molecular weight is 254 g/mol. The maximum atomic E-state index is 11.3. The van der Waals surface area contributed by atoms with Crippen LogP contribution in [-0.4, -0.2) is 27.9 Å². The molecule has 2 N–H and O–H groups in total. The lowest BCUT2D eigenvalue weighted by molar-refractivity contribution is 0.0687. The Morgan fingerprint density at radius 3 is 2.53 bits per heavy atom. The molecule has 1 aliphatic carbocycles. The van der Waals surface area contributed by atoms with E-state index >= 15 is 0 Å². The van der Waals surface area contributed by atoms with Crippen molar-refractivity contribution >= 4 is 28.2 Å². The van der Waals surface area contributed by atoms with Crippen molar-refractivity contribution < 1.29 is 14.7 Å². The fourth-order valence-corrected chi connectivity index (χ4v) is 2.94.